The first kappa shape index (κ1) is 18.8. The van der Waals surface area contributed by atoms with E-state index in [4.69, 9.17) is 0 Å². The summed E-state index contributed by atoms with van der Waals surface area (Å²) in [6.07, 6.45) is -10.1. The lowest BCUT2D eigenvalue weighted by atomic mass is 10.0. The van der Waals surface area contributed by atoms with Crippen molar-refractivity contribution in [3.05, 3.63) is 64.5 Å². The topological polar surface area (TPSA) is 29.1 Å². The van der Waals surface area contributed by atoms with Crippen LogP contribution in [0.25, 0.3) is 0 Å². The van der Waals surface area contributed by atoms with Crippen molar-refractivity contribution >= 4 is 11.6 Å². The second kappa shape index (κ2) is 6.38. The minimum absolute atomic E-state index is 0.0593. The highest BCUT2D eigenvalue weighted by Gasteiger charge is 2.37. The average molecular weight is 365 g/mol. The monoisotopic (exact) mass is 365 g/mol. The molecule has 0 fully saturated rings. The van der Waals surface area contributed by atoms with Gasteiger partial charge in [-0.25, -0.2) is 4.39 Å². The predicted octanol–water partition coefficient (Wildman–Crippen LogP) is 5.42. The molecule has 0 aliphatic heterocycles. The molecule has 2 rings (SSSR count). The van der Waals surface area contributed by atoms with Gasteiger partial charge in [0.15, 0.2) is 0 Å². The zero-order chi connectivity index (χ0) is 19.0. The highest BCUT2D eigenvalue weighted by molar-refractivity contribution is 6.04. The number of amides is 1. The Balaban J connectivity index is 2.46. The van der Waals surface area contributed by atoms with Gasteiger partial charge in [-0.1, -0.05) is 6.07 Å². The molecule has 2 nitrogen and oxygen atoms in total. The highest BCUT2D eigenvalue weighted by atomic mass is 19.4. The van der Waals surface area contributed by atoms with E-state index in [-0.39, 0.29) is 11.8 Å². The zero-order valence-electron chi connectivity index (χ0n) is 12.5. The van der Waals surface area contributed by atoms with Crippen LogP contribution >= 0.6 is 0 Å². The summed E-state index contributed by atoms with van der Waals surface area (Å²) in [6, 6.07) is 3.84. The summed E-state index contributed by atoms with van der Waals surface area (Å²) < 4.78 is 90.0. The smallest absolute Gasteiger partial charge is 0.322 e. The molecule has 0 unspecified atom stereocenters. The number of halogens is 7. The zero-order valence-corrected chi connectivity index (χ0v) is 12.5. The van der Waals surface area contributed by atoms with E-state index >= 15 is 0 Å². The molecular weight excluding hydrogens is 355 g/mol. The molecule has 0 atom stereocenters. The molecule has 9 heteroatoms. The Kier molecular flexibility index (Phi) is 4.79. The lowest BCUT2D eigenvalue weighted by Gasteiger charge is -2.14. The van der Waals surface area contributed by atoms with Crippen LogP contribution in [0.2, 0.25) is 0 Å². The second-order valence-electron chi connectivity index (χ2n) is 5.21. The van der Waals surface area contributed by atoms with Crippen LogP contribution in [0.1, 0.15) is 27.0 Å². The number of carbonyl (C=O) groups excluding carboxylic acids is 1. The third kappa shape index (κ3) is 4.49. The summed E-state index contributed by atoms with van der Waals surface area (Å²) in [6.45, 7) is 1.49. The van der Waals surface area contributed by atoms with Crippen LogP contribution in [0, 0.1) is 12.7 Å². The molecule has 1 amide bonds. The van der Waals surface area contributed by atoms with Crippen molar-refractivity contribution in [3.63, 3.8) is 0 Å². The molecule has 2 aromatic rings. The van der Waals surface area contributed by atoms with E-state index in [0.717, 1.165) is 12.1 Å². The van der Waals surface area contributed by atoms with Crippen LogP contribution in [0.15, 0.2) is 36.4 Å². The maximum absolute atomic E-state index is 13.2. The highest BCUT2D eigenvalue weighted by Crippen LogP contribution is 2.36. The third-order valence-electron chi connectivity index (χ3n) is 3.30. The van der Waals surface area contributed by atoms with Crippen molar-refractivity contribution in [2.45, 2.75) is 19.3 Å². The van der Waals surface area contributed by atoms with E-state index in [9.17, 15) is 35.5 Å². The van der Waals surface area contributed by atoms with Crippen LogP contribution in [0.4, 0.5) is 36.4 Å². The Morgan fingerprint density at radius 2 is 1.40 bits per heavy atom. The van der Waals surface area contributed by atoms with Crippen molar-refractivity contribution in [1.29, 1.82) is 0 Å². The predicted molar refractivity (Wildman–Crippen MR) is 75.5 cm³/mol. The normalized spacial score (nSPS) is 12.2. The molecule has 25 heavy (non-hydrogen) atoms. The quantitative estimate of drug-likeness (QED) is 0.707. The second-order valence-corrected chi connectivity index (χ2v) is 5.21. The molecule has 0 aromatic heterocycles. The lowest BCUT2D eigenvalue weighted by molar-refractivity contribution is -0.143. The molecule has 134 valence electrons. The van der Waals surface area contributed by atoms with Gasteiger partial charge in [0.05, 0.1) is 11.1 Å². The van der Waals surface area contributed by atoms with Gasteiger partial charge in [0, 0.05) is 11.3 Å². The molecule has 0 radical (unpaired) electrons. The molecule has 0 heterocycles. The summed E-state index contributed by atoms with van der Waals surface area (Å²) in [7, 11) is 0. The van der Waals surface area contributed by atoms with Gasteiger partial charge in [0.1, 0.15) is 5.82 Å². The summed E-state index contributed by atoms with van der Waals surface area (Å²) in [4.78, 5) is 12.1. The molecule has 0 saturated carbocycles. The Morgan fingerprint density at radius 1 is 0.880 bits per heavy atom. The SMILES string of the molecule is Cc1ccc(F)cc1NC(=O)c1cc(C(F)(F)F)cc(C(F)(F)F)c1. The fourth-order valence-electron chi connectivity index (χ4n) is 2.01. The van der Waals surface area contributed by atoms with Gasteiger partial charge in [-0.2, -0.15) is 26.3 Å². The van der Waals surface area contributed by atoms with Crippen LogP contribution in [0.5, 0.6) is 0 Å². The van der Waals surface area contributed by atoms with E-state index in [2.05, 4.69) is 5.32 Å². The molecule has 0 spiro atoms. The Hall–Kier alpha value is -2.58. The van der Waals surface area contributed by atoms with Crippen LogP contribution < -0.4 is 5.32 Å². The number of benzene rings is 2. The Labute approximate surface area is 137 Å². The number of hydrogen-bond donors (Lipinski definition) is 1. The van der Waals surface area contributed by atoms with Gasteiger partial charge in [-0.05, 0) is 42.8 Å². The number of rotatable bonds is 2. The van der Waals surface area contributed by atoms with Crippen LogP contribution in [0.3, 0.4) is 0 Å². The standard InChI is InChI=1S/C16H10F7NO/c1-8-2-3-12(17)7-13(8)24-14(25)9-4-10(15(18,19)20)6-11(5-9)16(21,22)23/h2-7H,1H3,(H,24,25). The maximum Gasteiger partial charge on any atom is 0.416 e. The van der Waals surface area contributed by atoms with E-state index < -0.39 is 40.8 Å². The first-order chi connectivity index (χ1) is 11.4. The third-order valence-corrected chi connectivity index (χ3v) is 3.30. The van der Waals surface area contributed by atoms with E-state index in [1.165, 1.54) is 13.0 Å². The van der Waals surface area contributed by atoms with E-state index in [1.54, 1.807) is 0 Å². The van der Waals surface area contributed by atoms with Crippen LogP contribution in [-0.4, -0.2) is 5.91 Å². The summed E-state index contributed by atoms with van der Waals surface area (Å²) in [5.41, 5.74) is -3.73. The molecule has 0 aliphatic carbocycles. The van der Waals surface area contributed by atoms with Crippen molar-refractivity contribution in [2.75, 3.05) is 5.32 Å². The van der Waals surface area contributed by atoms with Crippen molar-refractivity contribution in [2.24, 2.45) is 0 Å². The van der Waals surface area contributed by atoms with Gasteiger partial charge in [0.2, 0.25) is 0 Å². The Morgan fingerprint density at radius 3 is 1.88 bits per heavy atom. The molecule has 0 bridgehead atoms. The largest absolute Gasteiger partial charge is 0.416 e. The number of hydrogen-bond acceptors (Lipinski definition) is 1. The summed E-state index contributed by atoms with van der Waals surface area (Å²) >= 11 is 0. The maximum atomic E-state index is 13.2. The first-order valence-corrected chi connectivity index (χ1v) is 6.75. The number of aryl methyl sites for hydroxylation is 1. The van der Waals surface area contributed by atoms with Gasteiger partial charge in [-0.3, -0.25) is 4.79 Å². The van der Waals surface area contributed by atoms with E-state index in [0.29, 0.717) is 17.7 Å². The van der Waals surface area contributed by atoms with Crippen LogP contribution in [-0.2, 0) is 12.4 Å². The van der Waals surface area contributed by atoms with E-state index in [1.807, 2.05) is 0 Å². The number of alkyl halides is 6. The lowest BCUT2D eigenvalue weighted by Crippen LogP contribution is -2.17. The average Bonchev–Trinajstić information content (AvgIpc) is 2.48. The van der Waals surface area contributed by atoms with Crippen molar-refractivity contribution in [3.8, 4) is 0 Å². The number of anilines is 1. The minimum Gasteiger partial charge on any atom is -0.322 e. The van der Waals surface area contributed by atoms with Gasteiger partial charge in [-0.15, -0.1) is 0 Å². The Bertz CT molecular complexity index is 777. The van der Waals surface area contributed by atoms with Gasteiger partial charge >= 0.3 is 12.4 Å². The summed E-state index contributed by atoms with van der Waals surface area (Å²) in [5, 5.41) is 2.11. The van der Waals surface area contributed by atoms with Gasteiger partial charge in [0.25, 0.3) is 5.91 Å². The molecule has 0 saturated heterocycles. The number of nitrogens with one attached hydrogen (secondary N) is 1. The molecule has 1 N–H and O–H groups in total. The van der Waals surface area contributed by atoms with Crippen molar-refractivity contribution < 1.29 is 35.5 Å². The fraction of sp³-hybridized carbons (Fsp3) is 0.188. The van der Waals surface area contributed by atoms with Gasteiger partial charge < -0.3 is 5.32 Å². The first-order valence-electron chi connectivity index (χ1n) is 6.75. The number of carbonyl (C=O) groups is 1. The fourth-order valence-corrected chi connectivity index (χ4v) is 2.01. The molecule has 0 aliphatic rings. The molecular formula is C16H10F7NO. The molecule has 2 aromatic carbocycles. The van der Waals surface area contributed by atoms with Crippen molar-refractivity contribution in [1.82, 2.24) is 0 Å². The summed E-state index contributed by atoms with van der Waals surface area (Å²) in [5.74, 6) is -1.94. The minimum atomic E-state index is -5.06.